The normalized spacial score (nSPS) is 40.4. The van der Waals surface area contributed by atoms with E-state index in [1.807, 2.05) is 6.07 Å². The summed E-state index contributed by atoms with van der Waals surface area (Å²) >= 11 is 0. The molecule has 0 nitrogen and oxygen atoms in total. The first-order valence-corrected chi connectivity index (χ1v) is 6.97. The van der Waals surface area contributed by atoms with Gasteiger partial charge in [0.15, 0.2) is 0 Å². The van der Waals surface area contributed by atoms with E-state index in [1.165, 1.54) is 18.9 Å². The molecule has 0 amide bonds. The molecule has 1 aromatic carbocycles. The lowest BCUT2D eigenvalue weighted by Crippen LogP contribution is -2.24. The van der Waals surface area contributed by atoms with Crippen LogP contribution in [0.4, 0.5) is 4.39 Å². The number of fused-ring (bicyclic) bond motifs is 5. The lowest BCUT2D eigenvalue weighted by molar-refractivity contribution is 0.256. The number of hydrogen-bond donors (Lipinski definition) is 0. The first-order chi connectivity index (χ1) is 8.81. The second-order valence-electron chi connectivity index (χ2n) is 6.05. The molecule has 2 radical (unpaired) electrons. The van der Waals surface area contributed by atoms with Gasteiger partial charge in [0.05, 0.1) is 0 Å². The van der Waals surface area contributed by atoms with Gasteiger partial charge in [-0.05, 0) is 73.0 Å². The van der Waals surface area contributed by atoms with Crippen LogP contribution in [0.5, 0.6) is 0 Å². The van der Waals surface area contributed by atoms with Gasteiger partial charge >= 0.3 is 0 Å². The highest BCUT2D eigenvalue weighted by Gasteiger charge is 2.51. The van der Waals surface area contributed by atoms with Gasteiger partial charge in [0.2, 0.25) is 0 Å². The van der Waals surface area contributed by atoms with Crippen molar-refractivity contribution in [3.8, 4) is 0 Å². The van der Waals surface area contributed by atoms with E-state index in [-0.39, 0.29) is 5.82 Å². The Hall–Kier alpha value is -1.11. The Morgan fingerprint density at radius 1 is 1.28 bits per heavy atom. The SMILES string of the molecule is Fc1cccc(CC2C=CC3C4[C]CC(C4)C23)c1. The van der Waals surface area contributed by atoms with Crippen LogP contribution in [0.3, 0.4) is 0 Å². The van der Waals surface area contributed by atoms with Gasteiger partial charge in [-0.25, -0.2) is 4.39 Å². The maximum Gasteiger partial charge on any atom is 0.123 e. The summed E-state index contributed by atoms with van der Waals surface area (Å²) in [6.45, 7) is 0. The Kier molecular flexibility index (Phi) is 2.36. The van der Waals surface area contributed by atoms with Crippen molar-refractivity contribution in [2.75, 3.05) is 0 Å². The Balaban J connectivity index is 1.55. The van der Waals surface area contributed by atoms with E-state index < -0.39 is 0 Å². The van der Waals surface area contributed by atoms with Gasteiger partial charge in [0, 0.05) is 0 Å². The molecule has 2 fully saturated rings. The zero-order chi connectivity index (χ0) is 12.1. The first kappa shape index (κ1) is 10.8. The predicted octanol–water partition coefficient (Wildman–Crippen LogP) is 3.91. The van der Waals surface area contributed by atoms with Crippen molar-refractivity contribution >= 4 is 0 Å². The van der Waals surface area contributed by atoms with E-state index >= 15 is 0 Å². The van der Waals surface area contributed by atoms with Gasteiger partial charge in [-0.1, -0.05) is 24.3 Å². The van der Waals surface area contributed by atoms with Crippen molar-refractivity contribution in [3.63, 3.8) is 0 Å². The van der Waals surface area contributed by atoms with E-state index in [0.717, 1.165) is 29.7 Å². The molecule has 0 aromatic heterocycles. The minimum absolute atomic E-state index is 0.111. The summed E-state index contributed by atoms with van der Waals surface area (Å²) in [5.41, 5.74) is 1.14. The third-order valence-corrected chi connectivity index (χ3v) is 5.09. The number of benzene rings is 1. The minimum atomic E-state index is -0.111. The van der Waals surface area contributed by atoms with Gasteiger partial charge in [-0.2, -0.15) is 0 Å². The molecular weight excluding hydrogens is 223 g/mol. The Labute approximate surface area is 108 Å². The molecule has 1 heteroatoms. The summed E-state index contributed by atoms with van der Waals surface area (Å²) in [6, 6.07) is 7.09. The van der Waals surface area contributed by atoms with Crippen molar-refractivity contribution in [1.82, 2.24) is 0 Å². The first-order valence-electron chi connectivity index (χ1n) is 6.97. The lowest BCUT2D eigenvalue weighted by Gasteiger charge is -2.29. The highest BCUT2D eigenvalue weighted by Crippen LogP contribution is 2.58. The molecule has 1 aromatic rings. The van der Waals surface area contributed by atoms with Gasteiger partial charge in [-0.15, -0.1) is 0 Å². The summed E-state index contributed by atoms with van der Waals surface area (Å²) in [4.78, 5) is 0. The fourth-order valence-corrected chi connectivity index (χ4v) is 4.40. The van der Waals surface area contributed by atoms with E-state index in [4.69, 9.17) is 0 Å². The number of hydrogen-bond acceptors (Lipinski definition) is 0. The quantitative estimate of drug-likeness (QED) is 0.688. The fourth-order valence-electron chi connectivity index (χ4n) is 4.40. The van der Waals surface area contributed by atoms with Crippen molar-refractivity contribution in [3.05, 3.63) is 54.2 Å². The summed E-state index contributed by atoms with van der Waals surface area (Å²) in [7, 11) is 0. The molecule has 3 aliphatic carbocycles. The average Bonchev–Trinajstić information content (AvgIpc) is 3.02. The second kappa shape index (κ2) is 3.94. The van der Waals surface area contributed by atoms with Gasteiger partial charge in [0.1, 0.15) is 5.82 Å². The minimum Gasteiger partial charge on any atom is -0.207 e. The fraction of sp³-hybridized carbons (Fsp3) is 0.471. The van der Waals surface area contributed by atoms with Crippen molar-refractivity contribution in [1.29, 1.82) is 0 Å². The molecule has 0 aliphatic heterocycles. The van der Waals surface area contributed by atoms with Crippen LogP contribution >= 0.6 is 0 Å². The third-order valence-electron chi connectivity index (χ3n) is 5.09. The molecule has 5 atom stereocenters. The molecule has 0 saturated heterocycles. The van der Waals surface area contributed by atoms with Crippen LogP contribution in [-0.4, -0.2) is 0 Å². The Bertz CT molecular complexity index is 490. The zero-order valence-corrected chi connectivity index (χ0v) is 10.4. The number of halogens is 1. The van der Waals surface area contributed by atoms with Gasteiger partial charge < -0.3 is 0 Å². The molecule has 92 valence electrons. The highest BCUT2D eigenvalue weighted by atomic mass is 19.1. The largest absolute Gasteiger partial charge is 0.207 e. The summed E-state index contributed by atoms with van der Waals surface area (Å²) in [6.07, 6.45) is 11.9. The van der Waals surface area contributed by atoms with E-state index in [9.17, 15) is 4.39 Å². The van der Waals surface area contributed by atoms with Crippen LogP contribution in [0.25, 0.3) is 0 Å². The molecular formula is C17H17F. The maximum atomic E-state index is 13.2. The Morgan fingerprint density at radius 2 is 2.22 bits per heavy atom. The van der Waals surface area contributed by atoms with Crippen molar-refractivity contribution in [2.45, 2.75) is 19.3 Å². The smallest absolute Gasteiger partial charge is 0.123 e. The van der Waals surface area contributed by atoms with E-state index in [0.29, 0.717) is 11.8 Å². The number of allylic oxidation sites excluding steroid dienone is 2. The lowest BCUT2D eigenvalue weighted by atomic mass is 9.75. The van der Waals surface area contributed by atoms with E-state index in [1.54, 1.807) is 6.07 Å². The van der Waals surface area contributed by atoms with Gasteiger partial charge in [0.25, 0.3) is 0 Å². The summed E-state index contributed by atoms with van der Waals surface area (Å²) in [5, 5.41) is 0. The summed E-state index contributed by atoms with van der Waals surface area (Å²) < 4.78 is 13.2. The van der Waals surface area contributed by atoms with Crippen LogP contribution in [0.2, 0.25) is 0 Å². The summed E-state index contributed by atoms with van der Waals surface area (Å²) in [5.74, 6) is 3.61. The molecule has 5 unspecified atom stereocenters. The van der Waals surface area contributed by atoms with Crippen molar-refractivity contribution in [2.24, 2.45) is 29.6 Å². The van der Waals surface area contributed by atoms with Gasteiger partial charge in [-0.3, -0.25) is 0 Å². The maximum absolute atomic E-state index is 13.2. The monoisotopic (exact) mass is 240 g/mol. The average molecular weight is 240 g/mol. The van der Waals surface area contributed by atoms with Crippen LogP contribution in [0.1, 0.15) is 18.4 Å². The molecule has 18 heavy (non-hydrogen) atoms. The second-order valence-corrected chi connectivity index (χ2v) is 6.05. The molecule has 4 rings (SSSR count). The molecule has 0 N–H and O–H groups in total. The predicted molar refractivity (Wildman–Crippen MR) is 69.2 cm³/mol. The topological polar surface area (TPSA) is 0 Å². The number of rotatable bonds is 2. The highest BCUT2D eigenvalue weighted by molar-refractivity contribution is 5.24. The zero-order valence-electron chi connectivity index (χ0n) is 10.4. The Morgan fingerprint density at radius 3 is 3.11 bits per heavy atom. The van der Waals surface area contributed by atoms with E-state index in [2.05, 4.69) is 24.6 Å². The third kappa shape index (κ3) is 1.56. The molecule has 0 heterocycles. The molecule has 2 saturated carbocycles. The van der Waals surface area contributed by atoms with Crippen molar-refractivity contribution < 1.29 is 4.39 Å². The van der Waals surface area contributed by atoms with Crippen LogP contribution in [-0.2, 0) is 6.42 Å². The van der Waals surface area contributed by atoms with Crippen LogP contribution in [0, 0.1) is 41.8 Å². The van der Waals surface area contributed by atoms with Crippen LogP contribution < -0.4 is 0 Å². The van der Waals surface area contributed by atoms with Crippen LogP contribution in [0.15, 0.2) is 36.4 Å². The molecule has 3 aliphatic rings. The standard InChI is InChI=1S/C17H17F/c18-15-3-1-2-11(9-15)8-13-6-7-16-12-4-5-14(10-12)17(13)16/h1-3,6-7,9,12-14,16-17H,5,8,10H2. The molecule has 0 spiro atoms. The molecule has 2 bridgehead atoms.